The standard InChI is InChI=1S/C27H31F2N3O2/c1-32(26(33)27(12-15-34-16-13-27)21-8-6-10-23(29)18-21)14-4-2-3-11-24-19-25(31-30-24)20-7-5-9-22(28)17-20/h5-10,17-19H,2-4,11-16H2,1H3,(H,30,31). The van der Waals surface area contributed by atoms with Gasteiger partial charge in [0.05, 0.1) is 11.1 Å². The van der Waals surface area contributed by atoms with Gasteiger partial charge in [0.15, 0.2) is 0 Å². The molecule has 0 atom stereocenters. The third kappa shape index (κ3) is 5.53. The molecule has 180 valence electrons. The van der Waals surface area contributed by atoms with E-state index in [4.69, 9.17) is 4.74 Å². The first-order valence-corrected chi connectivity index (χ1v) is 11.9. The number of carbonyl (C=O) groups excluding carboxylic acids is 1. The van der Waals surface area contributed by atoms with Gasteiger partial charge in [0.25, 0.3) is 0 Å². The van der Waals surface area contributed by atoms with Gasteiger partial charge in [0.2, 0.25) is 5.91 Å². The van der Waals surface area contributed by atoms with E-state index in [0.717, 1.165) is 48.2 Å². The van der Waals surface area contributed by atoms with Crippen LogP contribution in [0, 0.1) is 11.6 Å². The topological polar surface area (TPSA) is 58.2 Å². The fourth-order valence-corrected chi connectivity index (χ4v) is 4.73. The summed E-state index contributed by atoms with van der Waals surface area (Å²) in [7, 11) is 1.83. The number of hydrogen-bond acceptors (Lipinski definition) is 3. The Hall–Kier alpha value is -3.06. The monoisotopic (exact) mass is 467 g/mol. The van der Waals surface area contributed by atoms with Crippen molar-refractivity contribution in [2.24, 2.45) is 0 Å². The molecule has 2 aromatic carbocycles. The Morgan fingerprint density at radius 2 is 1.76 bits per heavy atom. The minimum atomic E-state index is -0.724. The number of carbonyl (C=O) groups is 1. The quantitative estimate of drug-likeness (QED) is 0.436. The summed E-state index contributed by atoms with van der Waals surface area (Å²) in [5, 5.41) is 7.32. The number of hydrogen-bond donors (Lipinski definition) is 1. The number of ether oxygens (including phenoxy) is 1. The molecule has 1 aromatic heterocycles. The van der Waals surface area contributed by atoms with Gasteiger partial charge in [-0.05, 0) is 68.0 Å². The maximum Gasteiger partial charge on any atom is 0.233 e. The number of aromatic amines is 1. The number of nitrogens with zero attached hydrogens (tertiary/aromatic N) is 2. The lowest BCUT2D eigenvalue weighted by Gasteiger charge is -2.39. The fourth-order valence-electron chi connectivity index (χ4n) is 4.73. The Balaban J connectivity index is 1.28. The van der Waals surface area contributed by atoms with Crippen molar-refractivity contribution in [2.75, 3.05) is 26.8 Å². The van der Waals surface area contributed by atoms with Crippen LogP contribution in [0.3, 0.4) is 0 Å². The van der Waals surface area contributed by atoms with Gasteiger partial charge in [-0.2, -0.15) is 5.10 Å². The van der Waals surface area contributed by atoms with Crippen molar-refractivity contribution in [3.63, 3.8) is 0 Å². The molecular weight excluding hydrogens is 436 g/mol. The normalized spacial score (nSPS) is 15.3. The van der Waals surface area contributed by atoms with Crippen LogP contribution in [0.2, 0.25) is 0 Å². The van der Waals surface area contributed by atoms with Gasteiger partial charge >= 0.3 is 0 Å². The number of aryl methyl sites for hydroxylation is 1. The van der Waals surface area contributed by atoms with E-state index in [1.807, 2.05) is 25.2 Å². The molecule has 0 radical (unpaired) electrons. The molecule has 1 amide bonds. The van der Waals surface area contributed by atoms with E-state index in [9.17, 15) is 13.6 Å². The number of halogens is 2. The third-order valence-electron chi connectivity index (χ3n) is 6.67. The van der Waals surface area contributed by atoms with Gasteiger partial charge < -0.3 is 9.64 Å². The van der Waals surface area contributed by atoms with Crippen LogP contribution < -0.4 is 0 Å². The molecule has 5 nitrogen and oxygen atoms in total. The van der Waals surface area contributed by atoms with Crippen LogP contribution in [0.4, 0.5) is 8.78 Å². The number of rotatable bonds is 9. The van der Waals surface area contributed by atoms with Gasteiger partial charge in [-0.3, -0.25) is 9.89 Å². The first-order valence-electron chi connectivity index (χ1n) is 11.9. The van der Waals surface area contributed by atoms with Crippen molar-refractivity contribution < 1.29 is 18.3 Å². The predicted octanol–water partition coefficient (Wildman–Crippen LogP) is 5.27. The summed E-state index contributed by atoms with van der Waals surface area (Å²) in [5.41, 5.74) is 2.51. The average molecular weight is 468 g/mol. The van der Waals surface area contributed by atoms with Crippen molar-refractivity contribution in [1.29, 1.82) is 0 Å². The second kappa shape index (κ2) is 10.9. The molecule has 1 aliphatic rings. The molecule has 0 spiro atoms. The molecular formula is C27H31F2N3O2. The highest BCUT2D eigenvalue weighted by molar-refractivity contribution is 5.88. The number of nitrogens with one attached hydrogen (secondary N) is 1. The SMILES string of the molecule is CN(CCCCCc1cc(-c2cccc(F)c2)n[nH]1)C(=O)C1(c2cccc(F)c2)CCOCC1. The van der Waals surface area contributed by atoms with Gasteiger partial charge in [-0.15, -0.1) is 0 Å². The van der Waals surface area contributed by atoms with Gasteiger partial charge in [-0.1, -0.05) is 30.7 Å². The van der Waals surface area contributed by atoms with Gasteiger partial charge in [-0.25, -0.2) is 8.78 Å². The largest absolute Gasteiger partial charge is 0.381 e. The van der Waals surface area contributed by atoms with Crippen LogP contribution in [-0.4, -0.2) is 47.8 Å². The summed E-state index contributed by atoms with van der Waals surface area (Å²) in [6.45, 7) is 1.64. The average Bonchev–Trinajstić information content (AvgIpc) is 3.33. The highest BCUT2D eigenvalue weighted by atomic mass is 19.1. The number of aromatic nitrogens is 2. The molecule has 1 fully saturated rings. The van der Waals surface area contributed by atoms with Crippen molar-refractivity contribution in [2.45, 2.75) is 43.9 Å². The molecule has 0 bridgehead atoms. The summed E-state index contributed by atoms with van der Waals surface area (Å²) in [5.74, 6) is -0.562. The van der Waals surface area contributed by atoms with Gasteiger partial charge in [0, 0.05) is 38.1 Å². The van der Waals surface area contributed by atoms with Crippen LogP contribution in [-0.2, 0) is 21.4 Å². The molecule has 2 heterocycles. The fraction of sp³-hybridized carbons (Fsp3) is 0.407. The molecule has 34 heavy (non-hydrogen) atoms. The summed E-state index contributed by atoms with van der Waals surface area (Å²) in [4.78, 5) is 15.3. The Morgan fingerprint density at radius 1 is 1.03 bits per heavy atom. The van der Waals surface area contributed by atoms with Crippen LogP contribution in [0.5, 0.6) is 0 Å². The third-order valence-corrected chi connectivity index (χ3v) is 6.67. The molecule has 3 aromatic rings. The summed E-state index contributed by atoms with van der Waals surface area (Å²) >= 11 is 0. The highest BCUT2D eigenvalue weighted by Gasteiger charge is 2.43. The van der Waals surface area contributed by atoms with E-state index >= 15 is 0 Å². The smallest absolute Gasteiger partial charge is 0.233 e. The Labute approximate surface area is 199 Å². The molecule has 1 saturated heterocycles. The van der Waals surface area contributed by atoms with Crippen LogP contribution in [0.25, 0.3) is 11.3 Å². The molecule has 0 saturated carbocycles. The number of H-pyrrole nitrogens is 1. The van der Waals surface area contributed by atoms with E-state index in [2.05, 4.69) is 10.2 Å². The van der Waals surface area contributed by atoms with Crippen molar-refractivity contribution in [1.82, 2.24) is 15.1 Å². The molecule has 4 rings (SSSR count). The maximum atomic E-state index is 13.9. The summed E-state index contributed by atoms with van der Waals surface area (Å²) < 4.78 is 32.9. The molecule has 7 heteroatoms. The lowest BCUT2D eigenvalue weighted by Crippen LogP contribution is -2.49. The molecule has 1 N–H and O–H groups in total. The van der Waals surface area contributed by atoms with E-state index in [1.165, 1.54) is 24.3 Å². The van der Waals surface area contributed by atoms with E-state index in [-0.39, 0.29) is 17.5 Å². The van der Waals surface area contributed by atoms with E-state index < -0.39 is 5.41 Å². The Bertz CT molecular complexity index is 1110. The zero-order valence-electron chi connectivity index (χ0n) is 19.5. The summed E-state index contributed by atoms with van der Waals surface area (Å²) in [6.07, 6.45) is 4.76. The van der Waals surface area contributed by atoms with Crippen molar-refractivity contribution in [3.8, 4) is 11.3 Å². The van der Waals surface area contributed by atoms with Crippen molar-refractivity contribution >= 4 is 5.91 Å². The minimum absolute atomic E-state index is 0.0368. The lowest BCUT2D eigenvalue weighted by atomic mass is 9.73. The first-order chi connectivity index (χ1) is 16.5. The molecule has 0 unspecified atom stereocenters. The Kier molecular flexibility index (Phi) is 7.73. The lowest BCUT2D eigenvalue weighted by molar-refractivity contribution is -0.140. The van der Waals surface area contributed by atoms with E-state index in [1.54, 1.807) is 17.0 Å². The molecule has 0 aliphatic carbocycles. The summed E-state index contributed by atoms with van der Waals surface area (Å²) in [6, 6.07) is 14.8. The first kappa shape index (κ1) is 24.1. The van der Waals surface area contributed by atoms with Crippen LogP contribution in [0.1, 0.15) is 43.4 Å². The number of unbranched alkanes of at least 4 members (excludes halogenated alkanes) is 2. The minimum Gasteiger partial charge on any atom is -0.381 e. The second-order valence-electron chi connectivity index (χ2n) is 9.03. The number of likely N-dealkylation sites (N-methyl/N-ethyl adjacent to an activating group) is 1. The predicted molar refractivity (Wildman–Crippen MR) is 127 cm³/mol. The van der Waals surface area contributed by atoms with Gasteiger partial charge in [0.1, 0.15) is 11.6 Å². The maximum absolute atomic E-state index is 13.9. The Morgan fingerprint density at radius 3 is 2.50 bits per heavy atom. The van der Waals surface area contributed by atoms with Crippen LogP contribution in [0.15, 0.2) is 54.6 Å². The van der Waals surface area contributed by atoms with Crippen LogP contribution >= 0.6 is 0 Å². The zero-order valence-corrected chi connectivity index (χ0v) is 19.5. The highest BCUT2D eigenvalue weighted by Crippen LogP contribution is 2.37. The van der Waals surface area contributed by atoms with E-state index in [0.29, 0.717) is 32.6 Å². The molecule has 1 aliphatic heterocycles. The van der Waals surface area contributed by atoms with Crippen molar-refractivity contribution in [3.05, 3.63) is 77.5 Å². The number of amides is 1. The zero-order chi connectivity index (χ0) is 24.0. The number of benzene rings is 2. The second-order valence-corrected chi connectivity index (χ2v) is 9.03.